The Hall–Kier alpha value is -3.39. The number of alkyl halides is 3. The van der Waals surface area contributed by atoms with E-state index >= 15 is 0 Å². The zero-order valence-electron chi connectivity index (χ0n) is 15.6. The summed E-state index contributed by atoms with van der Waals surface area (Å²) in [5, 5.41) is 23.7. The van der Waals surface area contributed by atoms with Gasteiger partial charge in [0.25, 0.3) is 5.91 Å². The number of fused-ring (bicyclic) bond motifs is 1. The molecule has 0 saturated carbocycles. The van der Waals surface area contributed by atoms with Crippen molar-refractivity contribution in [2.45, 2.75) is 24.7 Å². The number of aliphatic hydroxyl groups excluding tert-OH is 1. The number of hydrogen-bond acceptors (Lipinski definition) is 3. The highest BCUT2D eigenvalue weighted by molar-refractivity contribution is 5.89. The maximum absolute atomic E-state index is 12.7. The molecule has 1 amide bonds. The molecule has 0 radical (unpaired) electrons. The van der Waals surface area contributed by atoms with E-state index in [0.717, 1.165) is 35.0 Å². The number of carboxylic acids is 1. The lowest BCUT2D eigenvalue weighted by Gasteiger charge is -2.19. The highest BCUT2D eigenvalue weighted by Crippen LogP contribution is 2.30. The second-order valence-corrected chi connectivity index (χ2v) is 6.76. The van der Waals surface area contributed by atoms with E-state index in [1.165, 1.54) is 0 Å². The van der Waals surface area contributed by atoms with Crippen LogP contribution in [0.2, 0.25) is 0 Å². The molecule has 3 aromatic rings. The monoisotopic (exact) mass is 417 g/mol. The molecule has 5 nitrogen and oxygen atoms in total. The Labute approximate surface area is 169 Å². The molecule has 0 aliphatic heterocycles. The molecule has 0 bridgehead atoms. The number of nitrogens with one attached hydrogen (secondary N) is 1. The van der Waals surface area contributed by atoms with E-state index in [-0.39, 0.29) is 12.0 Å². The Kier molecular flexibility index (Phi) is 6.07. The van der Waals surface area contributed by atoms with Gasteiger partial charge in [-0.1, -0.05) is 54.6 Å². The number of carbonyl (C=O) groups is 2. The topological polar surface area (TPSA) is 86.6 Å². The van der Waals surface area contributed by atoms with E-state index in [0.29, 0.717) is 5.56 Å². The minimum Gasteiger partial charge on any atom is -0.480 e. The molecule has 8 heteroatoms. The van der Waals surface area contributed by atoms with Crippen LogP contribution in [0.25, 0.3) is 10.8 Å². The Morgan fingerprint density at radius 3 is 2.20 bits per heavy atom. The van der Waals surface area contributed by atoms with Gasteiger partial charge in [-0.2, -0.15) is 13.2 Å². The van der Waals surface area contributed by atoms with Crippen molar-refractivity contribution in [3.8, 4) is 0 Å². The number of carboxylic acid groups (broad SMARTS) is 1. The summed E-state index contributed by atoms with van der Waals surface area (Å²) in [6.07, 6.45) is -6.37. The van der Waals surface area contributed by atoms with Gasteiger partial charge in [0, 0.05) is 6.42 Å². The molecule has 156 valence electrons. The molecule has 0 aromatic heterocycles. The molecule has 0 spiro atoms. The van der Waals surface area contributed by atoms with E-state index < -0.39 is 35.8 Å². The fraction of sp³-hybridized carbons (Fsp3) is 0.182. The molecule has 0 fully saturated rings. The zero-order valence-corrected chi connectivity index (χ0v) is 15.6. The van der Waals surface area contributed by atoms with Crippen LogP contribution in [0.4, 0.5) is 13.2 Å². The Balaban J connectivity index is 1.76. The van der Waals surface area contributed by atoms with Crippen LogP contribution in [0.5, 0.6) is 0 Å². The summed E-state index contributed by atoms with van der Waals surface area (Å²) in [6.45, 7) is 0. The van der Waals surface area contributed by atoms with Crippen LogP contribution in [0.15, 0.2) is 66.7 Å². The van der Waals surface area contributed by atoms with Crippen molar-refractivity contribution in [1.82, 2.24) is 5.32 Å². The number of aliphatic hydroxyl groups is 1. The quantitative estimate of drug-likeness (QED) is 0.571. The van der Waals surface area contributed by atoms with Gasteiger partial charge in [-0.25, -0.2) is 4.79 Å². The van der Waals surface area contributed by atoms with Gasteiger partial charge < -0.3 is 15.5 Å². The number of rotatable bonds is 6. The molecule has 0 unspecified atom stereocenters. The second kappa shape index (κ2) is 8.54. The molecule has 3 N–H and O–H groups in total. The van der Waals surface area contributed by atoms with Gasteiger partial charge in [-0.05, 0) is 34.0 Å². The third-order valence-electron chi connectivity index (χ3n) is 4.72. The number of aliphatic carboxylic acids is 1. The van der Waals surface area contributed by atoms with Gasteiger partial charge >= 0.3 is 12.1 Å². The highest BCUT2D eigenvalue weighted by atomic mass is 19.4. The number of hydrogen-bond donors (Lipinski definition) is 3. The third kappa shape index (κ3) is 4.77. The largest absolute Gasteiger partial charge is 0.480 e. The summed E-state index contributed by atoms with van der Waals surface area (Å²) in [7, 11) is 0. The van der Waals surface area contributed by atoms with Gasteiger partial charge in [-0.3, -0.25) is 4.79 Å². The number of amides is 1. The number of benzene rings is 3. The molecule has 0 aliphatic rings. The summed E-state index contributed by atoms with van der Waals surface area (Å²) in [5.41, 5.74) is -0.294. The molecule has 0 aliphatic carbocycles. The van der Waals surface area contributed by atoms with E-state index in [1.807, 2.05) is 30.3 Å². The normalized spacial score (nSPS) is 13.6. The minimum atomic E-state index is -4.54. The third-order valence-corrected chi connectivity index (χ3v) is 4.72. The molecule has 30 heavy (non-hydrogen) atoms. The van der Waals surface area contributed by atoms with Crippen LogP contribution in [-0.2, 0) is 22.2 Å². The molecular formula is C22H18F3NO4. The summed E-state index contributed by atoms with van der Waals surface area (Å²) < 4.78 is 38.0. The van der Waals surface area contributed by atoms with E-state index in [1.54, 1.807) is 12.1 Å². The first-order valence-corrected chi connectivity index (χ1v) is 9.02. The van der Waals surface area contributed by atoms with Gasteiger partial charge in [0.1, 0.15) is 6.04 Å². The van der Waals surface area contributed by atoms with Crippen LogP contribution in [0.1, 0.15) is 22.8 Å². The maximum atomic E-state index is 12.7. The predicted octanol–water partition coefficient (Wildman–Crippen LogP) is 3.70. The van der Waals surface area contributed by atoms with Crippen molar-refractivity contribution < 1.29 is 33.0 Å². The lowest BCUT2D eigenvalue weighted by Crippen LogP contribution is -2.44. The van der Waals surface area contributed by atoms with Crippen LogP contribution in [0.3, 0.4) is 0 Å². The molecule has 3 rings (SSSR count). The average Bonchev–Trinajstić information content (AvgIpc) is 2.72. The Morgan fingerprint density at radius 2 is 1.57 bits per heavy atom. The van der Waals surface area contributed by atoms with Gasteiger partial charge in [-0.15, -0.1) is 0 Å². The summed E-state index contributed by atoms with van der Waals surface area (Å²) in [6, 6.07) is 14.9. The Morgan fingerprint density at radius 1 is 0.933 bits per heavy atom. The van der Waals surface area contributed by atoms with Crippen molar-refractivity contribution in [2.24, 2.45) is 0 Å². The predicted molar refractivity (Wildman–Crippen MR) is 104 cm³/mol. The van der Waals surface area contributed by atoms with Crippen molar-refractivity contribution in [1.29, 1.82) is 0 Å². The lowest BCUT2D eigenvalue weighted by molar-refractivity contribution is -0.143. The standard InChI is InChI=1S/C22H18F3NO4/c23-22(24,25)16-10-8-14(9-11-16)19(27)20(28)26-18(21(29)30)12-15-6-3-5-13-4-1-2-7-17(13)15/h1-11,18-19,27H,12H2,(H,26,28)(H,29,30)/t18-,19-/m0/s1. The van der Waals surface area contributed by atoms with Gasteiger partial charge in [0.05, 0.1) is 5.56 Å². The van der Waals surface area contributed by atoms with E-state index in [4.69, 9.17) is 0 Å². The molecule has 0 heterocycles. The van der Waals surface area contributed by atoms with Crippen LogP contribution >= 0.6 is 0 Å². The fourth-order valence-electron chi connectivity index (χ4n) is 3.15. The number of halogens is 3. The van der Waals surface area contributed by atoms with Crippen molar-refractivity contribution in [3.63, 3.8) is 0 Å². The van der Waals surface area contributed by atoms with Gasteiger partial charge in [0.15, 0.2) is 6.10 Å². The Bertz CT molecular complexity index is 1060. The summed E-state index contributed by atoms with van der Waals surface area (Å²) in [4.78, 5) is 24.0. The van der Waals surface area contributed by atoms with Gasteiger partial charge in [0.2, 0.25) is 0 Å². The maximum Gasteiger partial charge on any atom is 0.416 e. The second-order valence-electron chi connectivity index (χ2n) is 6.76. The van der Waals surface area contributed by atoms with Crippen LogP contribution in [-0.4, -0.2) is 28.1 Å². The first kappa shape index (κ1) is 21.3. The SMILES string of the molecule is O=C(O)[C@H](Cc1cccc2ccccc12)NC(=O)[C@@H](O)c1ccc(C(F)(F)F)cc1. The first-order chi connectivity index (χ1) is 14.2. The molecular weight excluding hydrogens is 399 g/mol. The molecule has 0 saturated heterocycles. The van der Waals surface area contributed by atoms with E-state index in [2.05, 4.69) is 5.32 Å². The molecule has 2 atom stereocenters. The van der Waals surface area contributed by atoms with Crippen LogP contribution in [0, 0.1) is 0 Å². The highest BCUT2D eigenvalue weighted by Gasteiger charge is 2.31. The lowest BCUT2D eigenvalue weighted by atomic mass is 9.98. The summed E-state index contributed by atoms with van der Waals surface area (Å²) in [5.74, 6) is -2.31. The van der Waals surface area contributed by atoms with Crippen molar-refractivity contribution >= 4 is 22.6 Å². The van der Waals surface area contributed by atoms with Crippen LogP contribution < -0.4 is 5.32 Å². The molecule has 3 aromatic carbocycles. The van der Waals surface area contributed by atoms with Crippen molar-refractivity contribution in [3.05, 3.63) is 83.4 Å². The fourth-order valence-corrected chi connectivity index (χ4v) is 3.15. The minimum absolute atomic E-state index is 0.0256. The zero-order chi connectivity index (χ0) is 21.9. The smallest absolute Gasteiger partial charge is 0.416 e. The van der Waals surface area contributed by atoms with Crippen molar-refractivity contribution in [2.75, 3.05) is 0 Å². The van der Waals surface area contributed by atoms with E-state index in [9.17, 15) is 33.0 Å². The summed E-state index contributed by atoms with van der Waals surface area (Å²) >= 11 is 0. The first-order valence-electron chi connectivity index (χ1n) is 9.02. The number of carbonyl (C=O) groups excluding carboxylic acids is 1. The average molecular weight is 417 g/mol.